The largest absolute Gasteiger partial charge is 0.449 e. The van der Waals surface area contributed by atoms with Crippen LogP contribution in [0.2, 0.25) is 0 Å². The molecular formula is C18H22F3NO2. The van der Waals surface area contributed by atoms with Crippen LogP contribution in [0.1, 0.15) is 49.7 Å². The van der Waals surface area contributed by atoms with E-state index < -0.39 is 11.6 Å². The number of ether oxygens (including phenoxy) is 1. The third kappa shape index (κ3) is 3.10. The molecule has 1 aliphatic carbocycles. The van der Waals surface area contributed by atoms with E-state index in [1.165, 1.54) is 0 Å². The first-order valence-electron chi connectivity index (χ1n) is 8.46. The first-order valence-corrected chi connectivity index (χ1v) is 8.46. The summed E-state index contributed by atoms with van der Waals surface area (Å²) in [6.07, 6.45) is -2.30. The van der Waals surface area contributed by atoms with E-state index in [9.17, 15) is 18.0 Å². The molecule has 132 valence electrons. The van der Waals surface area contributed by atoms with Crippen molar-refractivity contribution in [3.05, 3.63) is 35.4 Å². The Morgan fingerprint density at radius 1 is 1.25 bits per heavy atom. The second-order valence-electron chi connectivity index (χ2n) is 6.77. The number of alkyl halides is 3. The lowest BCUT2D eigenvalue weighted by atomic mass is 9.88. The van der Waals surface area contributed by atoms with Gasteiger partial charge in [0.2, 0.25) is 0 Å². The van der Waals surface area contributed by atoms with Gasteiger partial charge in [0.05, 0.1) is 12.0 Å². The van der Waals surface area contributed by atoms with Crippen molar-refractivity contribution in [1.29, 1.82) is 0 Å². The number of amides is 1. The van der Waals surface area contributed by atoms with Crippen LogP contribution < -0.4 is 0 Å². The van der Waals surface area contributed by atoms with Crippen LogP contribution in [-0.4, -0.2) is 36.9 Å². The van der Waals surface area contributed by atoms with Crippen molar-refractivity contribution in [1.82, 2.24) is 4.90 Å². The monoisotopic (exact) mass is 341 g/mol. The number of halogens is 3. The maximum Gasteiger partial charge on any atom is 0.409 e. The van der Waals surface area contributed by atoms with E-state index in [0.717, 1.165) is 18.4 Å². The normalized spacial score (nSPS) is 19.8. The third-order valence-electron chi connectivity index (χ3n) is 5.09. The molecule has 1 aliphatic heterocycles. The maximum atomic E-state index is 13.1. The highest BCUT2D eigenvalue weighted by molar-refractivity contribution is 5.69. The summed E-state index contributed by atoms with van der Waals surface area (Å²) >= 11 is 0. The van der Waals surface area contributed by atoms with Gasteiger partial charge in [-0.1, -0.05) is 37.6 Å². The molecule has 1 aromatic carbocycles. The SMILES string of the molecule is CCCCOC(=O)N1CC(c2ccc(C3(C(F)(F)F)CC3)cc2)C1. The Balaban J connectivity index is 1.54. The molecule has 0 spiro atoms. The van der Waals surface area contributed by atoms with Gasteiger partial charge in [-0.2, -0.15) is 13.2 Å². The predicted octanol–water partition coefficient (Wildman–Crippen LogP) is 4.62. The van der Waals surface area contributed by atoms with Gasteiger partial charge in [0, 0.05) is 19.0 Å². The Bertz CT molecular complexity index is 587. The molecule has 1 amide bonds. The third-order valence-corrected chi connectivity index (χ3v) is 5.09. The van der Waals surface area contributed by atoms with Crippen LogP contribution in [0.15, 0.2) is 24.3 Å². The zero-order chi connectivity index (χ0) is 17.4. The van der Waals surface area contributed by atoms with Crippen molar-refractivity contribution in [2.24, 2.45) is 0 Å². The van der Waals surface area contributed by atoms with Crippen LogP contribution in [0.5, 0.6) is 0 Å². The number of carbonyl (C=O) groups excluding carboxylic acids is 1. The average Bonchev–Trinajstić information content (AvgIpc) is 3.28. The standard InChI is InChI=1S/C18H22F3NO2/c1-2-3-10-24-16(23)22-11-14(12-22)13-4-6-15(7-5-13)17(8-9-17)18(19,20)21/h4-7,14H,2-3,8-12H2,1H3. The summed E-state index contributed by atoms with van der Waals surface area (Å²) in [7, 11) is 0. The highest BCUT2D eigenvalue weighted by Crippen LogP contribution is 2.58. The molecule has 3 rings (SSSR count). The minimum atomic E-state index is -4.18. The van der Waals surface area contributed by atoms with E-state index in [1.807, 2.05) is 6.92 Å². The molecule has 0 radical (unpaired) electrons. The minimum Gasteiger partial charge on any atom is -0.449 e. The molecule has 1 heterocycles. The van der Waals surface area contributed by atoms with Gasteiger partial charge in [0.15, 0.2) is 0 Å². The number of benzene rings is 1. The number of hydrogen-bond donors (Lipinski definition) is 0. The molecule has 24 heavy (non-hydrogen) atoms. The van der Waals surface area contributed by atoms with E-state index in [2.05, 4.69) is 0 Å². The molecule has 0 unspecified atom stereocenters. The molecule has 1 aromatic rings. The van der Waals surface area contributed by atoms with Crippen molar-refractivity contribution in [3.63, 3.8) is 0 Å². The fraction of sp³-hybridized carbons (Fsp3) is 0.611. The Kier molecular flexibility index (Phi) is 4.49. The van der Waals surface area contributed by atoms with Gasteiger partial charge in [-0.3, -0.25) is 0 Å². The second-order valence-corrected chi connectivity index (χ2v) is 6.77. The molecule has 3 nitrogen and oxygen atoms in total. The quantitative estimate of drug-likeness (QED) is 0.732. The fourth-order valence-corrected chi connectivity index (χ4v) is 3.17. The highest BCUT2D eigenvalue weighted by Gasteiger charge is 2.64. The molecule has 0 N–H and O–H groups in total. The van der Waals surface area contributed by atoms with Crippen molar-refractivity contribution < 1.29 is 22.7 Å². The van der Waals surface area contributed by atoms with Crippen LogP contribution in [0.3, 0.4) is 0 Å². The molecule has 1 saturated heterocycles. The van der Waals surface area contributed by atoms with Gasteiger partial charge in [-0.25, -0.2) is 4.79 Å². The highest BCUT2D eigenvalue weighted by atomic mass is 19.4. The van der Waals surface area contributed by atoms with Gasteiger partial charge in [0.1, 0.15) is 0 Å². The smallest absolute Gasteiger partial charge is 0.409 e. The molecule has 6 heteroatoms. The molecular weight excluding hydrogens is 319 g/mol. The first-order chi connectivity index (χ1) is 11.4. The lowest BCUT2D eigenvalue weighted by Gasteiger charge is -2.38. The fourth-order valence-electron chi connectivity index (χ4n) is 3.17. The Morgan fingerprint density at radius 2 is 1.88 bits per heavy atom. The van der Waals surface area contributed by atoms with Crippen molar-refractivity contribution >= 4 is 6.09 Å². The zero-order valence-electron chi connectivity index (χ0n) is 13.7. The van der Waals surface area contributed by atoms with Gasteiger partial charge >= 0.3 is 12.3 Å². The van der Waals surface area contributed by atoms with Gasteiger partial charge in [0.25, 0.3) is 0 Å². The summed E-state index contributed by atoms with van der Waals surface area (Å²) in [6, 6.07) is 6.73. The average molecular weight is 341 g/mol. The first kappa shape index (κ1) is 17.1. The summed E-state index contributed by atoms with van der Waals surface area (Å²) in [4.78, 5) is 13.4. The van der Waals surface area contributed by atoms with Crippen LogP contribution in [0, 0.1) is 0 Å². The summed E-state index contributed by atoms with van der Waals surface area (Å²) in [5.74, 6) is 0.179. The summed E-state index contributed by atoms with van der Waals surface area (Å²) in [5, 5.41) is 0. The van der Waals surface area contributed by atoms with E-state index in [-0.39, 0.29) is 24.9 Å². The topological polar surface area (TPSA) is 29.5 Å². The minimum absolute atomic E-state index is 0.177. The molecule has 2 fully saturated rings. The summed E-state index contributed by atoms with van der Waals surface area (Å²) in [5.41, 5.74) is -0.288. The van der Waals surface area contributed by atoms with E-state index in [0.29, 0.717) is 25.3 Å². The van der Waals surface area contributed by atoms with Crippen LogP contribution in [0.25, 0.3) is 0 Å². The number of rotatable bonds is 5. The number of carbonyl (C=O) groups is 1. The molecule has 0 atom stereocenters. The Morgan fingerprint density at radius 3 is 2.38 bits per heavy atom. The summed E-state index contributed by atoms with van der Waals surface area (Å²) < 4.78 is 44.5. The van der Waals surface area contributed by atoms with Crippen LogP contribution in [0.4, 0.5) is 18.0 Å². The molecule has 1 saturated carbocycles. The van der Waals surface area contributed by atoms with Crippen LogP contribution in [-0.2, 0) is 10.2 Å². The van der Waals surface area contributed by atoms with E-state index in [4.69, 9.17) is 4.74 Å². The molecule has 0 bridgehead atoms. The second kappa shape index (κ2) is 6.30. The summed E-state index contributed by atoms with van der Waals surface area (Å²) in [6.45, 7) is 3.59. The Hall–Kier alpha value is -1.72. The number of hydrogen-bond acceptors (Lipinski definition) is 2. The number of unbranched alkanes of at least 4 members (excludes halogenated alkanes) is 1. The molecule has 0 aromatic heterocycles. The lowest BCUT2D eigenvalue weighted by Crippen LogP contribution is -2.48. The van der Waals surface area contributed by atoms with Gasteiger partial charge in [-0.05, 0) is 30.4 Å². The zero-order valence-corrected chi connectivity index (χ0v) is 13.7. The van der Waals surface area contributed by atoms with Crippen molar-refractivity contribution in [3.8, 4) is 0 Å². The van der Waals surface area contributed by atoms with Crippen molar-refractivity contribution in [2.45, 2.75) is 50.1 Å². The molecule has 2 aliphatic rings. The van der Waals surface area contributed by atoms with Crippen molar-refractivity contribution in [2.75, 3.05) is 19.7 Å². The maximum absolute atomic E-state index is 13.1. The lowest BCUT2D eigenvalue weighted by molar-refractivity contribution is -0.160. The number of nitrogens with zero attached hydrogens (tertiary/aromatic N) is 1. The Labute approximate surface area is 139 Å². The van der Waals surface area contributed by atoms with E-state index in [1.54, 1.807) is 29.2 Å². The van der Waals surface area contributed by atoms with E-state index >= 15 is 0 Å². The van der Waals surface area contributed by atoms with Crippen LogP contribution >= 0.6 is 0 Å². The van der Waals surface area contributed by atoms with Gasteiger partial charge in [-0.15, -0.1) is 0 Å². The predicted molar refractivity (Wildman–Crippen MR) is 84.0 cm³/mol. The number of likely N-dealkylation sites (tertiary alicyclic amines) is 1. The van der Waals surface area contributed by atoms with Gasteiger partial charge < -0.3 is 9.64 Å².